The van der Waals surface area contributed by atoms with Crippen LogP contribution in [0.2, 0.25) is 0 Å². The fraction of sp³-hybridized carbons (Fsp3) is 0.667. The van der Waals surface area contributed by atoms with Crippen LogP contribution in [0, 0.1) is 0 Å². The average molecular weight is 120 g/mol. The van der Waals surface area contributed by atoms with Crippen molar-refractivity contribution in [3.8, 4) is 0 Å². The zero-order valence-electron chi connectivity index (χ0n) is 4.05. The highest BCUT2D eigenvalue weighted by atomic mass is 32.2. The molecule has 0 amide bonds. The lowest BCUT2D eigenvalue weighted by atomic mass is 10.4. The lowest BCUT2D eigenvalue weighted by Gasteiger charge is -1.95. The summed E-state index contributed by atoms with van der Waals surface area (Å²) in [4.78, 5) is 10.2. The Balaban J connectivity index is 3.35. The van der Waals surface area contributed by atoms with E-state index in [1.54, 1.807) is 6.92 Å². The van der Waals surface area contributed by atoms with E-state index in [1.165, 1.54) is 0 Å². The maximum Gasteiger partial charge on any atom is 0.219 e. The maximum atomic E-state index is 10.2. The Labute approximate surface area is 46.6 Å². The van der Waals surface area contributed by atoms with E-state index in [4.69, 9.17) is 10.9 Å². The van der Waals surface area contributed by atoms with Gasteiger partial charge in [-0.3, -0.25) is 9.93 Å². The van der Waals surface area contributed by atoms with Crippen LogP contribution in [0.15, 0.2) is 0 Å². The molecule has 0 aliphatic carbocycles. The number of carbonyl (C=O) groups is 1. The Morgan fingerprint density at radius 2 is 2.29 bits per heavy atom. The molecule has 4 N–H and O–H groups in total. The van der Waals surface area contributed by atoms with Crippen LogP contribution in [-0.2, 0) is 4.79 Å². The Hall–Kier alpha value is -0.0600. The van der Waals surface area contributed by atoms with Gasteiger partial charge in [0.25, 0.3) is 0 Å². The molecule has 0 aliphatic rings. The van der Waals surface area contributed by atoms with Gasteiger partial charge in [-0.2, -0.15) is 0 Å². The first-order valence-corrected chi connectivity index (χ1v) is 2.72. The largest absolute Gasteiger partial charge is 0.321 e. The third kappa shape index (κ3) is 2.61. The predicted octanol–water partition coefficient (Wildman–Crippen LogP) is -0.533. The minimum Gasteiger partial charge on any atom is -0.321 e. The summed E-state index contributed by atoms with van der Waals surface area (Å²) in [6.45, 7) is 1.60. The van der Waals surface area contributed by atoms with Crippen molar-refractivity contribution in [2.75, 3.05) is 0 Å². The molecule has 4 heteroatoms. The van der Waals surface area contributed by atoms with Gasteiger partial charge in [0.2, 0.25) is 5.12 Å². The Bertz CT molecular complexity index is 73.3. The fourth-order valence-electron chi connectivity index (χ4n) is 0.107. The summed E-state index contributed by atoms with van der Waals surface area (Å²) in [5.41, 5.74) is 5.10. The van der Waals surface area contributed by atoms with E-state index in [0.717, 1.165) is 0 Å². The first-order valence-electron chi connectivity index (χ1n) is 1.84. The monoisotopic (exact) mass is 120 g/mol. The van der Waals surface area contributed by atoms with E-state index in [9.17, 15) is 4.79 Å². The molecule has 42 valence electrons. The molecule has 0 spiro atoms. The van der Waals surface area contributed by atoms with E-state index in [0.29, 0.717) is 11.9 Å². The van der Waals surface area contributed by atoms with Crippen LogP contribution in [0.5, 0.6) is 0 Å². The molecule has 1 atom stereocenters. The second-order valence-corrected chi connectivity index (χ2v) is 1.86. The number of rotatable bonds is 1. The second-order valence-electron chi connectivity index (χ2n) is 1.23. The molecule has 0 heterocycles. The van der Waals surface area contributed by atoms with Crippen molar-refractivity contribution in [3.63, 3.8) is 0 Å². The van der Waals surface area contributed by atoms with Crippen molar-refractivity contribution in [3.05, 3.63) is 0 Å². The predicted molar refractivity (Wildman–Crippen MR) is 30.4 cm³/mol. The van der Waals surface area contributed by atoms with E-state index in [2.05, 4.69) is 0 Å². The molecule has 0 rings (SSSR count). The standard InChI is InChI=1S/C3H8N2OS/c1-2(4)3(6)7-5/h2H,4-5H2,1H3. The molecule has 0 aromatic carbocycles. The van der Waals surface area contributed by atoms with Crippen LogP contribution in [-0.4, -0.2) is 11.2 Å². The van der Waals surface area contributed by atoms with Crippen molar-refractivity contribution in [2.24, 2.45) is 10.9 Å². The van der Waals surface area contributed by atoms with Crippen LogP contribution in [0.25, 0.3) is 0 Å². The van der Waals surface area contributed by atoms with Crippen molar-refractivity contribution in [1.82, 2.24) is 0 Å². The van der Waals surface area contributed by atoms with Gasteiger partial charge in [-0.1, -0.05) is 0 Å². The van der Waals surface area contributed by atoms with Gasteiger partial charge in [-0.25, -0.2) is 0 Å². The van der Waals surface area contributed by atoms with Crippen molar-refractivity contribution < 1.29 is 4.79 Å². The highest BCUT2D eigenvalue weighted by molar-refractivity contribution is 8.11. The summed E-state index contributed by atoms with van der Waals surface area (Å²) in [5, 5.41) is 4.68. The third-order valence-electron chi connectivity index (χ3n) is 0.488. The lowest BCUT2D eigenvalue weighted by Crippen LogP contribution is -2.24. The van der Waals surface area contributed by atoms with Gasteiger partial charge in [0.05, 0.1) is 6.04 Å². The molecule has 0 radical (unpaired) electrons. The number of carbonyl (C=O) groups excluding carboxylic acids is 1. The Morgan fingerprint density at radius 1 is 1.86 bits per heavy atom. The minimum absolute atomic E-state index is 0.181. The molecular weight excluding hydrogens is 112 g/mol. The van der Waals surface area contributed by atoms with E-state index >= 15 is 0 Å². The van der Waals surface area contributed by atoms with Crippen LogP contribution >= 0.6 is 11.9 Å². The van der Waals surface area contributed by atoms with Gasteiger partial charge in [-0.05, 0) is 18.9 Å². The van der Waals surface area contributed by atoms with Gasteiger partial charge in [-0.15, -0.1) is 0 Å². The summed E-state index contributed by atoms with van der Waals surface area (Å²) in [7, 11) is 0. The summed E-state index contributed by atoms with van der Waals surface area (Å²) in [5.74, 6) is 0. The van der Waals surface area contributed by atoms with Gasteiger partial charge < -0.3 is 5.73 Å². The van der Waals surface area contributed by atoms with Crippen LogP contribution in [0.4, 0.5) is 0 Å². The zero-order chi connectivity index (χ0) is 5.86. The molecule has 0 fully saturated rings. The molecule has 0 saturated heterocycles. The maximum absolute atomic E-state index is 10.2. The normalized spacial score (nSPS) is 13.6. The van der Waals surface area contributed by atoms with Gasteiger partial charge in [0.1, 0.15) is 0 Å². The summed E-state index contributed by atoms with van der Waals surface area (Å²) in [6.07, 6.45) is 0. The third-order valence-corrected chi connectivity index (χ3v) is 1.09. The summed E-state index contributed by atoms with van der Waals surface area (Å²) in [6, 6.07) is -0.435. The first-order chi connectivity index (χ1) is 3.18. The molecule has 0 aromatic rings. The summed E-state index contributed by atoms with van der Waals surface area (Å²) < 4.78 is 0. The highest BCUT2D eigenvalue weighted by Gasteiger charge is 2.03. The Morgan fingerprint density at radius 3 is 2.29 bits per heavy atom. The average Bonchev–Trinajstić information content (AvgIpc) is 1.65. The fourth-order valence-corrected chi connectivity index (χ4v) is 0.322. The number of hydrogen-bond acceptors (Lipinski definition) is 4. The molecule has 0 bridgehead atoms. The van der Waals surface area contributed by atoms with Crippen molar-refractivity contribution in [2.45, 2.75) is 13.0 Å². The molecule has 1 unspecified atom stereocenters. The topological polar surface area (TPSA) is 69.1 Å². The molecular formula is C3H8N2OS. The number of hydrogen-bond donors (Lipinski definition) is 2. The molecule has 0 aliphatic heterocycles. The van der Waals surface area contributed by atoms with Gasteiger partial charge in [0.15, 0.2) is 0 Å². The zero-order valence-corrected chi connectivity index (χ0v) is 4.87. The summed E-state index contributed by atoms with van der Waals surface area (Å²) >= 11 is 0.669. The first kappa shape index (κ1) is 6.94. The van der Waals surface area contributed by atoms with Crippen LogP contribution in [0.3, 0.4) is 0 Å². The Kier molecular flexibility index (Phi) is 2.98. The lowest BCUT2D eigenvalue weighted by molar-refractivity contribution is -0.111. The van der Waals surface area contributed by atoms with E-state index in [1.807, 2.05) is 0 Å². The van der Waals surface area contributed by atoms with Gasteiger partial charge >= 0.3 is 0 Å². The molecule has 7 heavy (non-hydrogen) atoms. The number of nitrogens with two attached hydrogens (primary N) is 2. The van der Waals surface area contributed by atoms with Crippen molar-refractivity contribution in [1.29, 1.82) is 0 Å². The van der Waals surface area contributed by atoms with E-state index in [-0.39, 0.29) is 5.12 Å². The second kappa shape index (κ2) is 3.01. The SMILES string of the molecule is CC(N)C(=O)SN. The smallest absolute Gasteiger partial charge is 0.219 e. The van der Waals surface area contributed by atoms with E-state index < -0.39 is 6.04 Å². The molecule has 0 aromatic heterocycles. The molecule has 0 saturated carbocycles. The minimum atomic E-state index is -0.435. The highest BCUT2D eigenvalue weighted by Crippen LogP contribution is 1.90. The quantitative estimate of drug-likeness (QED) is 0.456. The van der Waals surface area contributed by atoms with Crippen molar-refractivity contribution >= 4 is 17.1 Å². The van der Waals surface area contributed by atoms with Crippen LogP contribution < -0.4 is 10.9 Å². The van der Waals surface area contributed by atoms with Gasteiger partial charge in [0, 0.05) is 0 Å². The molecule has 3 nitrogen and oxygen atoms in total. The van der Waals surface area contributed by atoms with Crippen LogP contribution in [0.1, 0.15) is 6.92 Å².